The summed E-state index contributed by atoms with van der Waals surface area (Å²) in [5, 5.41) is 4.47. The molecule has 1 unspecified atom stereocenters. The van der Waals surface area contributed by atoms with E-state index in [1.807, 2.05) is 20.0 Å². The summed E-state index contributed by atoms with van der Waals surface area (Å²) in [6.45, 7) is 3.67. The van der Waals surface area contributed by atoms with Crippen molar-refractivity contribution in [1.29, 1.82) is 0 Å². The van der Waals surface area contributed by atoms with Crippen LogP contribution in [0.1, 0.15) is 30.5 Å². The van der Waals surface area contributed by atoms with Crippen LogP contribution in [0, 0.1) is 0 Å². The first-order valence-electron chi connectivity index (χ1n) is 8.27. The molecule has 0 fully saturated rings. The highest BCUT2D eigenvalue weighted by atomic mass is 16.5. The van der Waals surface area contributed by atoms with Gasteiger partial charge in [-0.25, -0.2) is 0 Å². The van der Waals surface area contributed by atoms with Gasteiger partial charge in [-0.05, 0) is 44.6 Å². The Balaban J connectivity index is 2.02. The Kier molecular flexibility index (Phi) is 4.99. The Morgan fingerprint density at radius 2 is 1.91 bits per heavy atom. The lowest BCUT2D eigenvalue weighted by molar-refractivity contribution is 0.343. The summed E-state index contributed by atoms with van der Waals surface area (Å²) in [6.07, 6.45) is 1.05. The monoisotopic (exact) mass is 308 g/mol. The Labute approximate surface area is 137 Å². The molecule has 0 aliphatic rings. The fourth-order valence-electron chi connectivity index (χ4n) is 3.09. The molecule has 23 heavy (non-hydrogen) atoms. The molecule has 0 saturated carbocycles. The maximum absolute atomic E-state index is 5.76. The van der Waals surface area contributed by atoms with Gasteiger partial charge in [-0.1, -0.05) is 42.5 Å². The minimum atomic E-state index is 0.352. The van der Waals surface area contributed by atoms with E-state index in [1.165, 1.54) is 16.6 Å². The van der Waals surface area contributed by atoms with E-state index in [1.54, 1.807) is 0 Å². The molecule has 3 heteroatoms. The average Bonchev–Trinajstić information content (AvgIpc) is 3.01. The lowest BCUT2D eigenvalue weighted by Crippen LogP contribution is -2.13. The van der Waals surface area contributed by atoms with Crippen molar-refractivity contribution < 1.29 is 4.74 Å². The number of aromatic amines is 1. The molecule has 2 aromatic carbocycles. The van der Waals surface area contributed by atoms with E-state index in [2.05, 4.69) is 58.8 Å². The number of aromatic nitrogens is 1. The minimum Gasteiger partial charge on any atom is -0.492 e. The van der Waals surface area contributed by atoms with Crippen LogP contribution >= 0.6 is 0 Å². The van der Waals surface area contributed by atoms with Crippen molar-refractivity contribution in [1.82, 2.24) is 10.3 Å². The standard InChI is InChI=1S/C20H24N2O/c1-3-23-19-11-7-10-16-14-18(22-20(16)19)17(12-13-21-2)15-8-5-4-6-9-15/h4-11,14,17,21-22H,3,12-13H2,1-2H3. The van der Waals surface area contributed by atoms with Gasteiger partial charge < -0.3 is 15.0 Å². The molecule has 0 saturated heterocycles. The molecule has 3 aromatic rings. The first kappa shape index (κ1) is 15.6. The molecule has 2 N–H and O–H groups in total. The highest BCUT2D eigenvalue weighted by Crippen LogP contribution is 2.33. The third-order valence-electron chi connectivity index (χ3n) is 4.20. The number of fused-ring (bicyclic) bond motifs is 1. The predicted molar refractivity (Wildman–Crippen MR) is 96.3 cm³/mol. The average molecular weight is 308 g/mol. The molecule has 3 rings (SSSR count). The van der Waals surface area contributed by atoms with Crippen molar-refractivity contribution in [3.05, 3.63) is 65.9 Å². The molecule has 1 heterocycles. The van der Waals surface area contributed by atoms with Crippen molar-refractivity contribution in [3.8, 4) is 5.75 Å². The third-order valence-corrected chi connectivity index (χ3v) is 4.20. The summed E-state index contributed by atoms with van der Waals surface area (Å²) in [5.41, 5.74) is 3.68. The number of ether oxygens (including phenoxy) is 1. The summed E-state index contributed by atoms with van der Waals surface area (Å²) in [5.74, 6) is 1.28. The number of para-hydroxylation sites is 1. The second-order valence-electron chi connectivity index (χ2n) is 5.73. The van der Waals surface area contributed by atoms with Crippen molar-refractivity contribution in [2.45, 2.75) is 19.3 Å². The number of nitrogens with one attached hydrogen (secondary N) is 2. The Morgan fingerprint density at radius 3 is 2.65 bits per heavy atom. The zero-order valence-corrected chi connectivity index (χ0v) is 13.8. The molecule has 120 valence electrons. The number of H-pyrrole nitrogens is 1. The molecule has 0 radical (unpaired) electrons. The molecular formula is C20H24N2O. The highest BCUT2D eigenvalue weighted by Gasteiger charge is 2.17. The van der Waals surface area contributed by atoms with Gasteiger partial charge in [0.1, 0.15) is 5.75 Å². The van der Waals surface area contributed by atoms with E-state index in [9.17, 15) is 0 Å². The van der Waals surface area contributed by atoms with E-state index in [4.69, 9.17) is 4.74 Å². The van der Waals surface area contributed by atoms with Crippen molar-refractivity contribution >= 4 is 10.9 Å². The van der Waals surface area contributed by atoms with Crippen LogP contribution in [0.5, 0.6) is 5.75 Å². The molecule has 1 atom stereocenters. The predicted octanol–water partition coefficient (Wildman–Crippen LogP) is 4.31. The van der Waals surface area contributed by atoms with Crippen molar-refractivity contribution in [2.75, 3.05) is 20.2 Å². The van der Waals surface area contributed by atoms with Crippen LogP contribution in [0.25, 0.3) is 10.9 Å². The molecule has 0 amide bonds. The topological polar surface area (TPSA) is 37.0 Å². The number of benzene rings is 2. The quantitative estimate of drug-likeness (QED) is 0.682. The highest BCUT2D eigenvalue weighted by molar-refractivity contribution is 5.86. The lowest BCUT2D eigenvalue weighted by Gasteiger charge is -2.16. The van der Waals surface area contributed by atoms with Gasteiger partial charge in [-0.3, -0.25) is 0 Å². The van der Waals surface area contributed by atoms with Gasteiger partial charge in [0.2, 0.25) is 0 Å². The Hall–Kier alpha value is -2.26. The maximum Gasteiger partial charge on any atom is 0.143 e. The largest absolute Gasteiger partial charge is 0.492 e. The second-order valence-corrected chi connectivity index (χ2v) is 5.73. The number of rotatable bonds is 7. The Morgan fingerprint density at radius 1 is 1.09 bits per heavy atom. The van der Waals surface area contributed by atoms with Crippen LogP contribution in [0.4, 0.5) is 0 Å². The van der Waals surface area contributed by atoms with Gasteiger partial charge >= 0.3 is 0 Å². The summed E-state index contributed by atoms with van der Waals surface area (Å²) < 4.78 is 5.76. The Bertz CT molecular complexity index is 749. The lowest BCUT2D eigenvalue weighted by atomic mass is 9.92. The van der Waals surface area contributed by atoms with E-state index < -0.39 is 0 Å². The number of hydrogen-bond acceptors (Lipinski definition) is 2. The molecule has 0 aliphatic heterocycles. The molecule has 0 bridgehead atoms. The smallest absolute Gasteiger partial charge is 0.143 e. The summed E-state index contributed by atoms with van der Waals surface area (Å²) >= 11 is 0. The van der Waals surface area contributed by atoms with Gasteiger partial charge in [0.05, 0.1) is 12.1 Å². The van der Waals surface area contributed by atoms with Crippen LogP contribution in [0.3, 0.4) is 0 Å². The maximum atomic E-state index is 5.76. The van der Waals surface area contributed by atoms with Gasteiger partial charge in [0, 0.05) is 17.0 Å². The van der Waals surface area contributed by atoms with Gasteiger partial charge in [0.25, 0.3) is 0 Å². The van der Waals surface area contributed by atoms with Crippen LogP contribution in [0.15, 0.2) is 54.6 Å². The van der Waals surface area contributed by atoms with Crippen LogP contribution in [-0.2, 0) is 0 Å². The van der Waals surface area contributed by atoms with Crippen molar-refractivity contribution in [3.63, 3.8) is 0 Å². The molecule has 1 aromatic heterocycles. The van der Waals surface area contributed by atoms with Crippen LogP contribution in [-0.4, -0.2) is 25.2 Å². The fourth-order valence-corrected chi connectivity index (χ4v) is 3.09. The van der Waals surface area contributed by atoms with Gasteiger partial charge in [-0.15, -0.1) is 0 Å². The second kappa shape index (κ2) is 7.34. The summed E-state index contributed by atoms with van der Waals surface area (Å²) in [7, 11) is 2.00. The van der Waals surface area contributed by atoms with Crippen molar-refractivity contribution in [2.24, 2.45) is 0 Å². The van der Waals surface area contributed by atoms with E-state index in [0.29, 0.717) is 12.5 Å². The van der Waals surface area contributed by atoms with E-state index in [-0.39, 0.29) is 0 Å². The normalized spacial score (nSPS) is 12.4. The fraction of sp³-hybridized carbons (Fsp3) is 0.300. The van der Waals surface area contributed by atoms with Crippen LogP contribution < -0.4 is 10.1 Å². The zero-order chi connectivity index (χ0) is 16.1. The third kappa shape index (κ3) is 3.40. The molecular weight excluding hydrogens is 284 g/mol. The SMILES string of the molecule is CCOc1cccc2cc(C(CCNC)c3ccccc3)[nH]c12. The summed E-state index contributed by atoms with van der Waals surface area (Å²) in [4.78, 5) is 3.60. The first-order valence-corrected chi connectivity index (χ1v) is 8.27. The van der Waals surface area contributed by atoms with E-state index >= 15 is 0 Å². The minimum absolute atomic E-state index is 0.352. The number of hydrogen-bond donors (Lipinski definition) is 2. The van der Waals surface area contributed by atoms with Gasteiger partial charge in [0.15, 0.2) is 0 Å². The first-order chi connectivity index (χ1) is 11.3. The van der Waals surface area contributed by atoms with Gasteiger partial charge in [-0.2, -0.15) is 0 Å². The molecule has 0 spiro atoms. The molecule has 0 aliphatic carbocycles. The zero-order valence-electron chi connectivity index (χ0n) is 13.8. The van der Waals surface area contributed by atoms with Crippen LogP contribution in [0.2, 0.25) is 0 Å². The van der Waals surface area contributed by atoms with E-state index in [0.717, 1.165) is 24.2 Å². The molecule has 3 nitrogen and oxygen atoms in total. The summed E-state index contributed by atoms with van der Waals surface area (Å²) in [6, 6.07) is 19.2.